The van der Waals surface area contributed by atoms with Crippen molar-refractivity contribution in [3.63, 3.8) is 0 Å². The Balaban J connectivity index is 0.000000157. The van der Waals surface area contributed by atoms with Crippen molar-refractivity contribution < 1.29 is 52.8 Å². The molecule has 18 rings (SSSR count). The number of hydrogen-bond acceptors (Lipinski definition) is 14. The molecule has 2 aliphatic carbocycles. The Bertz CT molecular complexity index is 5470. The van der Waals surface area contributed by atoms with Crippen molar-refractivity contribution in [2.45, 2.75) is 267 Å². The zero-order valence-electron chi connectivity index (χ0n) is 75.0. The van der Waals surface area contributed by atoms with Gasteiger partial charge in [-0.1, -0.05) is 153 Å². The molecule has 10 aliphatic heterocycles. The molecular formula is C104H123N9O11. The van der Waals surface area contributed by atoms with Gasteiger partial charge in [-0.2, -0.15) is 0 Å². The standard InChI is InChI=1S/C49H56N4O3.C45H56N4O4.C10H11NO4/c1-7-32-19-46(52(26-32)48(54)31(6)33-11-9-8-10-12-33)43-22-36(25-50-43)34-14-16-38-37(20-34)27-56-47-24-39-35(21-41(38)47)15-17-42-40(39)23-44(51-42)45-18-13-29(4)53(45)49(55)30(5)28(2)3;1-9-28-16-41(48(23-28)44(51)53-45(6,7)8)38-19-31(22-46-38)29-11-13-33-32(17-29)24-52-42-21-34-30(18-36(33)42)12-14-37-35(34)20-39(47-37)40-15-10-26(4)49(40)43(50)27(5)25(2)3;1-15-10(14)11-8(9(12)13)7-5-3-2-4-6-7/h8-12,14,16,20-21,24-25,28-32,45-46H,7,13,15,17-19,22-23,26-27H2,1-6H3;11,13,17-18,21-22,25-28,40-41H,9-10,12,14-16,19-20,23-24H2,1-8H3;2-6,8H,1H3,(H,11,14)(H,12,13)/t29-,30-,31+,32-,45-,46-;26-,27-,28-,40-,41-;8-/m001/s1. The second-order valence-electron chi connectivity index (χ2n) is 38.2. The van der Waals surface area contributed by atoms with Crippen molar-refractivity contribution in [1.29, 1.82) is 0 Å². The summed E-state index contributed by atoms with van der Waals surface area (Å²) < 4.78 is 23.2. The van der Waals surface area contributed by atoms with E-state index >= 15 is 0 Å². The van der Waals surface area contributed by atoms with E-state index in [9.17, 15) is 28.8 Å². The molecule has 0 unspecified atom stereocenters. The molecule has 124 heavy (non-hydrogen) atoms. The summed E-state index contributed by atoms with van der Waals surface area (Å²) in [6, 6.07) is 41.0. The monoisotopic (exact) mass is 1670 g/mol. The smallest absolute Gasteiger partial charge is 0.410 e. The molecule has 650 valence electrons. The van der Waals surface area contributed by atoms with Crippen LogP contribution in [0.1, 0.15) is 254 Å². The second kappa shape index (κ2) is 35.9. The van der Waals surface area contributed by atoms with Gasteiger partial charge in [0.25, 0.3) is 0 Å². The average Bonchev–Trinajstić information content (AvgIpc) is 1.48. The van der Waals surface area contributed by atoms with E-state index in [1.54, 1.807) is 30.3 Å². The fourth-order valence-corrected chi connectivity index (χ4v) is 20.6. The van der Waals surface area contributed by atoms with Gasteiger partial charge in [0.1, 0.15) is 30.3 Å². The summed E-state index contributed by atoms with van der Waals surface area (Å²) >= 11 is 0. The predicted molar refractivity (Wildman–Crippen MR) is 490 cm³/mol. The van der Waals surface area contributed by atoms with Crippen LogP contribution in [0.25, 0.3) is 44.5 Å². The number of nitrogens with one attached hydrogen (secondary N) is 1. The number of methoxy groups -OCH3 is 1. The van der Waals surface area contributed by atoms with Crippen molar-refractivity contribution in [2.75, 3.05) is 20.2 Å². The highest BCUT2D eigenvalue weighted by atomic mass is 16.6. The number of allylic oxidation sites excluding steroid dienone is 6. The number of amides is 5. The highest BCUT2D eigenvalue weighted by Crippen LogP contribution is 2.51. The molecule has 2 N–H and O–H groups in total. The molecule has 12 aliphatic rings. The summed E-state index contributed by atoms with van der Waals surface area (Å²) in [5.74, 6) is 2.91. The minimum absolute atomic E-state index is 0.00839. The van der Waals surface area contributed by atoms with E-state index in [2.05, 4.69) is 167 Å². The number of aliphatic carboxylic acids is 1. The third-order valence-corrected chi connectivity index (χ3v) is 28.6. The molecule has 4 fully saturated rings. The number of alkyl carbamates (subject to hydrolysis) is 1. The number of aliphatic imine (C=N–C) groups is 4. The number of carbonyl (C=O) groups excluding carboxylic acids is 5. The molecule has 20 nitrogen and oxygen atoms in total. The van der Waals surface area contributed by atoms with Crippen LogP contribution >= 0.6 is 0 Å². The van der Waals surface area contributed by atoms with E-state index in [1.165, 1.54) is 102 Å². The first kappa shape index (κ1) is 86.5. The molecule has 12 atom stereocenters. The van der Waals surface area contributed by atoms with Crippen molar-refractivity contribution in [3.8, 4) is 33.8 Å². The van der Waals surface area contributed by atoms with Crippen LogP contribution in [-0.4, -0.2) is 145 Å². The lowest BCUT2D eigenvalue weighted by Gasteiger charge is -2.32. The van der Waals surface area contributed by atoms with E-state index < -0.39 is 23.7 Å². The number of carbonyl (C=O) groups is 6. The van der Waals surface area contributed by atoms with E-state index in [-0.39, 0.29) is 77.8 Å². The van der Waals surface area contributed by atoms with E-state index in [0.29, 0.717) is 49.0 Å². The number of carboxylic acid groups (broad SMARTS) is 1. The minimum Gasteiger partial charge on any atom is -0.488 e. The van der Waals surface area contributed by atoms with Gasteiger partial charge in [0.05, 0.1) is 37.2 Å². The van der Waals surface area contributed by atoms with Gasteiger partial charge in [-0.15, -0.1) is 0 Å². The van der Waals surface area contributed by atoms with E-state index in [1.807, 2.05) is 63.2 Å². The first-order valence-electron chi connectivity index (χ1n) is 45.6. The molecule has 6 aromatic rings. The first-order valence-corrected chi connectivity index (χ1v) is 45.6. The Morgan fingerprint density at radius 2 is 0.960 bits per heavy atom. The number of carboxylic acids is 1. The summed E-state index contributed by atoms with van der Waals surface area (Å²) in [4.78, 5) is 105. The molecule has 6 aromatic carbocycles. The molecule has 10 heterocycles. The lowest BCUT2D eigenvalue weighted by Crippen LogP contribution is -2.47. The quantitative estimate of drug-likeness (QED) is 0.0871. The number of rotatable bonds is 17. The molecule has 0 aromatic heterocycles. The van der Waals surface area contributed by atoms with Crippen LogP contribution in [0.3, 0.4) is 0 Å². The topological polar surface area (TPSA) is 234 Å². The number of aryl methyl sites for hydroxylation is 2. The summed E-state index contributed by atoms with van der Waals surface area (Å²) in [6.07, 6.45) is 17.9. The van der Waals surface area contributed by atoms with Crippen molar-refractivity contribution >= 4 is 81.0 Å². The summed E-state index contributed by atoms with van der Waals surface area (Å²) in [7, 11) is 1.18. The molecule has 5 amide bonds. The summed E-state index contributed by atoms with van der Waals surface area (Å²) in [5.41, 5.74) is 27.7. The van der Waals surface area contributed by atoms with Gasteiger partial charge in [0.2, 0.25) is 17.7 Å². The van der Waals surface area contributed by atoms with Gasteiger partial charge in [-0.3, -0.25) is 39.3 Å². The lowest BCUT2D eigenvalue weighted by molar-refractivity contribution is -0.140. The number of fused-ring (bicyclic) bond motifs is 10. The highest BCUT2D eigenvalue weighted by molar-refractivity contribution is 6.08. The normalized spacial score (nSPS) is 23.5. The van der Waals surface area contributed by atoms with Crippen LogP contribution in [0.5, 0.6) is 11.5 Å². The maximum atomic E-state index is 13.9. The Kier molecular flexibility index (Phi) is 25.0. The van der Waals surface area contributed by atoms with Gasteiger partial charge >= 0.3 is 18.2 Å². The molecule has 0 bridgehead atoms. The van der Waals surface area contributed by atoms with E-state index in [0.717, 1.165) is 155 Å². The first-order chi connectivity index (χ1) is 59.5. The van der Waals surface area contributed by atoms with Crippen molar-refractivity contribution in [2.24, 2.45) is 55.5 Å². The highest BCUT2D eigenvalue weighted by Gasteiger charge is 2.47. The van der Waals surface area contributed by atoms with Crippen molar-refractivity contribution in [1.82, 2.24) is 24.9 Å². The van der Waals surface area contributed by atoms with Gasteiger partial charge in [-0.05, 0) is 255 Å². The van der Waals surface area contributed by atoms with Crippen LogP contribution in [0.15, 0.2) is 165 Å². The van der Waals surface area contributed by atoms with Gasteiger partial charge in [0.15, 0.2) is 6.04 Å². The summed E-state index contributed by atoms with van der Waals surface area (Å²) in [5, 5.41) is 11.1. The maximum absolute atomic E-state index is 13.9. The molecule has 0 radical (unpaired) electrons. The molecule has 20 heteroatoms. The van der Waals surface area contributed by atoms with Crippen LogP contribution in [-0.2, 0) is 54.7 Å². The van der Waals surface area contributed by atoms with Crippen LogP contribution in [0.2, 0.25) is 0 Å². The average molecular weight is 1680 g/mol. The number of benzene rings is 6. The fourth-order valence-electron chi connectivity index (χ4n) is 20.6. The number of hydrogen-bond donors (Lipinski definition) is 2. The number of ether oxygens (including phenoxy) is 4. The Morgan fingerprint density at radius 3 is 1.40 bits per heavy atom. The second-order valence-corrected chi connectivity index (χ2v) is 38.2. The molecular weight excluding hydrogens is 1550 g/mol. The zero-order valence-corrected chi connectivity index (χ0v) is 75.0. The Morgan fingerprint density at radius 1 is 0.508 bits per heavy atom. The van der Waals surface area contributed by atoms with Crippen LogP contribution in [0.4, 0.5) is 9.59 Å². The number of nitrogens with zero attached hydrogens (tertiary/aromatic N) is 8. The van der Waals surface area contributed by atoms with Crippen molar-refractivity contribution in [3.05, 3.63) is 201 Å². The Labute approximate surface area is 731 Å². The minimum atomic E-state index is -1.13. The largest absolute Gasteiger partial charge is 0.488 e. The third kappa shape index (κ3) is 17.4. The lowest BCUT2D eigenvalue weighted by atomic mass is 9.83. The summed E-state index contributed by atoms with van der Waals surface area (Å²) in [6.45, 7) is 31.9. The number of likely N-dealkylation sites (tertiary alicyclic amines) is 4. The van der Waals surface area contributed by atoms with Crippen LogP contribution in [0, 0.1) is 35.5 Å². The molecule has 0 spiro atoms. The SMILES string of the molecule is CC[C@H]1C[C@@H](C2=NC=C(c3ccc4c(c3)COc3cc5c(cc3-4)CCC3=C5CC([C@@H]4CC[C@H](C)N4C(=O)[C@@H](C)C(C)C)=N3)C2)N(C(=O)OC(C)(C)C)C1.CC[C@H]1C[C@@H](C2=NC=C(c3ccc4c(c3)COc3cc5c(cc3-4)CCC3=C5CC([C@@H]4CC[C@H](C)N4C(=O)[C@@H](C)C(C)C)=N3)C2)N(C(=O)[C@H](C)c2ccccc2)C1.COC(=O)N[C@@H](C(=O)O)c1ccccc1. The third-order valence-electron chi connectivity index (χ3n) is 28.6. The van der Waals surface area contributed by atoms with E-state index in [4.69, 9.17) is 39.3 Å². The van der Waals surface area contributed by atoms with Crippen LogP contribution < -0.4 is 14.8 Å². The molecule has 0 saturated carbocycles. The Hall–Kier alpha value is -11.0. The fraction of sp³-hybridized carbons (Fsp3) is 0.481. The molecule has 4 saturated heterocycles. The zero-order chi connectivity index (χ0) is 87.4. The maximum Gasteiger partial charge on any atom is 0.410 e. The van der Waals surface area contributed by atoms with Gasteiger partial charge in [0, 0.05) is 120 Å². The predicted octanol–water partition coefficient (Wildman–Crippen LogP) is 20.8. The van der Waals surface area contributed by atoms with Gasteiger partial charge in [-0.25, -0.2) is 14.4 Å². The van der Waals surface area contributed by atoms with Gasteiger partial charge < -0.3 is 44.1 Å².